The molecule has 1 nitrogen and oxygen atoms in total. The molecule has 0 radical (unpaired) electrons. The average molecular weight is 136 g/mol. The molecular formula is C4H12OSSi. The molecule has 0 rings (SSSR count). The number of hydrogen-bond acceptors (Lipinski definition) is 2. The first-order valence-corrected chi connectivity index (χ1v) is 4.71. The van der Waals surface area contributed by atoms with E-state index in [4.69, 9.17) is 4.43 Å². The van der Waals surface area contributed by atoms with Gasteiger partial charge in [-0.2, -0.15) is 12.6 Å². The molecule has 7 heavy (non-hydrogen) atoms. The van der Waals surface area contributed by atoms with E-state index in [2.05, 4.69) is 26.5 Å². The molecule has 0 aliphatic heterocycles. The molecule has 0 amide bonds. The van der Waals surface area contributed by atoms with Gasteiger partial charge in [0.25, 0.3) is 0 Å². The molecule has 0 aromatic carbocycles. The minimum absolute atomic E-state index is 0.262. The molecule has 0 spiro atoms. The van der Waals surface area contributed by atoms with E-state index in [9.17, 15) is 0 Å². The average Bonchev–Trinajstić information content (AvgIpc) is 1.61. The van der Waals surface area contributed by atoms with Crippen LogP contribution in [0.1, 0.15) is 13.8 Å². The molecular weight excluding hydrogens is 124 g/mol. The highest BCUT2D eigenvalue weighted by Gasteiger charge is 1.88. The van der Waals surface area contributed by atoms with Gasteiger partial charge in [-0.1, -0.05) is 0 Å². The van der Waals surface area contributed by atoms with Crippen LogP contribution in [0.2, 0.25) is 0 Å². The Labute approximate surface area is 52.8 Å². The third-order valence-corrected chi connectivity index (χ3v) is 2.18. The Morgan fingerprint density at radius 2 is 2.29 bits per heavy atom. The van der Waals surface area contributed by atoms with Crippen molar-refractivity contribution < 1.29 is 4.43 Å². The van der Waals surface area contributed by atoms with Crippen LogP contribution in [0.15, 0.2) is 0 Å². The van der Waals surface area contributed by atoms with Gasteiger partial charge in [0.05, 0.1) is 0 Å². The normalized spacial score (nSPS) is 12.0. The molecule has 0 saturated heterocycles. The first kappa shape index (κ1) is 7.53. The molecule has 3 heteroatoms. The Bertz CT molecular complexity index is 40.7. The zero-order valence-corrected chi connectivity index (χ0v) is 7.16. The van der Waals surface area contributed by atoms with Crippen LogP contribution in [-0.4, -0.2) is 21.2 Å². The van der Waals surface area contributed by atoms with Crippen LogP contribution in [-0.2, 0) is 4.43 Å². The van der Waals surface area contributed by atoms with Crippen LogP contribution in [0.4, 0.5) is 0 Å². The summed E-state index contributed by atoms with van der Waals surface area (Å²) in [4.78, 5) is 0. The van der Waals surface area contributed by atoms with Gasteiger partial charge in [0.15, 0.2) is 9.76 Å². The second kappa shape index (κ2) is 4.68. The summed E-state index contributed by atoms with van der Waals surface area (Å²) in [5.41, 5.74) is 0. The zero-order chi connectivity index (χ0) is 5.70. The molecule has 0 aliphatic carbocycles. The lowest BCUT2D eigenvalue weighted by molar-refractivity contribution is 0.258. The molecule has 0 heterocycles. The minimum atomic E-state index is -0.262. The monoisotopic (exact) mass is 136 g/mol. The molecule has 0 saturated carbocycles. The second-order valence-electron chi connectivity index (χ2n) is 1.64. The summed E-state index contributed by atoms with van der Waals surface area (Å²) in [5, 5.41) is 0.957. The van der Waals surface area contributed by atoms with Crippen molar-refractivity contribution in [1.29, 1.82) is 0 Å². The fourth-order valence-corrected chi connectivity index (χ4v) is 1.18. The topological polar surface area (TPSA) is 9.23 Å². The highest BCUT2D eigenvalue weighted by atomic mass is 32.1. The van der Waals surface area contributed by atoms with E-state index < -0.39 is 0 Å². The summed E-state index contributed by atoms with van der Waals surface area (Å²) in [6.45, 7) is 4.10. The summed E-state index contributed by atoms with van der Waals surface area (Å²) >= 11 is 4.03. The van der Waals surface area contributed by atoms with Gasteiger partial charge in [0.2, 0.25) is 0 Å². The summed E-state index contributed by atoms with van der Waals surface area (Å²) in [6, 6.07) is 0. The van der Waals surface area contributed by atoms with Gasteiger partial charge in [-0.05, 0) is 13.8 Å². The van der Waals surface area contributed by atoms with Crippen LogP contribution >= 0.6 is 12.6 Å². The van der Waals surface area contributed by atoms with Crippen LogP contribution in [0.5, 0.6) is 0 Å². The third-order valence-electron chi connectivity index (χ3n) is 0.542. The maximum absolute atomic E-state index is 5.25. The van der Waals surface area contributed by atoms with E-state index in [1.165, 1.54) is 0 Å². The highest BCUT2D eigenvalue weighted by molar-refractivity contribution is 7.81. The SMILES string of the molecule is CC(C)O[SiH2]CS. The standard InChI is InChI=1S/C4H12OSSi/c1-4(2)5-7-3-6/h4,6H,3,7H2,1-2H3. The van der Waals surface area contributed by atoms with E-state index in [1.807, 2.05) is 0 Å². The molecule has 0 fully saturated rings. The van der Waals surface area contributed by atoms with Crippen molar-refractivity contribution in [3.8, 4) is 0 Å². The molecule has 44 valence electrons. The van der Waals surface area contributed by atoms with Crippen molar-refractivity contribution in [1.82, 2.24) is 0 Å². The summed E-state index contributed by atoms with van der Waals surface area (Å²) in [7, 11) is -0.262. The van der Waals surface area contributed by atoms with Gasteiger partial charge in [-0.3, -0.25) is 0 Å². The Hall–Kier alpha value is 0.527. The van der Waals surface area contributed by atoms with E-state index in [0.717, 1.165) is 5.38 Å². The maximum Gasteiger partial charge on any atom is 0.171 e. The Morgan fingerprint density at radius 1 is 1.71 bits per heavy atom. The molecule has 0 unspecified atom stereocenters. The van der Waals surface area contributed by atoms with Gasteiger partial charge >= 0.3 is 0 Å². The molecule has 0 N–H and O–H groups in total. The van der Waals surface area contributed by atoms with Crippen LogP contribution in [0.25, 0.3) is 0 Å². The first-order chi connectivity index (χ1) is 3.27. The molecule has 0 bridgehead atoms. The van der Waals surface area contributed by atoms with Gasteiger partial charge in [-0.15, -0.1) is 0 Å². The second-order valence-corrected chi connectivity index (χ2v) is 4.17. The van der Waals surface area contributed by atoms with E-state index in [-0.39, 0.29) is 9.76 Å². The summed E-state index contributed by atoms with van der Waals surface area (Å²) in [6.07, 6.45) is 0.416. The Balaban J connectivity index is 2.68. The molecule has 0 aromatic heterocycles. The largest absolute Gasteiger partial charge is 0.421 e. The number of thiol groups is 1. The number of rotatable bonds is 3. The van der Waals surface area contributed by atoms with E-state index >= 15 is 0 Å². The van der Waals surface area contributed by atoms with E-state index in [0.29, 0.717) is 6.10 Å². The lowest BCUT2D eigenvalue weighted by atomic mass is 10.5. The van der Waals surface area contributed by atoms with Gasteiger partial charge < -0.3 is 4.43 Å². The van der Waals surface area contributed by atoms with Gasteiger partial charge in [0, 0.05) is 11.5 Å². The van der Waals surface area contributed by atoms with Crippen molar-refractivity contribution in [2.24, 2.45) is 0 Å². The first-order valence-electron chi connectivity index (χ1n) is 2.50. The number of hydrogen-bond donors (Lipinski definition) is 1. The molecule has 0 aliphatic rings. The quantitative estimate of drug-likeness (QED) is 0.436. The van der Waals surface area contributed by atoms with Crippen molar-refractivity contribution in [3.63, 3.8) is 0 Å². The predicted octanol–water partition coefficient (Wildman–Crippen LogP) is 0.382. The fourth-order valence-electron chi connectivity index (χ4n) is 0.288. The van der Waals surface area contributed by atoms with Crippen LogP contribution in [0, 0.1) is 0 Å². The summed E-state index contributed by atoms with van der Waals surface area (Å²) in [5.74, 6) is 0. The van der Waals surface area contributed by atoms with Crippen molar-refractivity contribution in [2.75, 3.05) is 5.38 Å². The molecule has 0 atom stereocenters. The van der Waals surface area contributed by atoms with Gasteiger partial charge in [0.1, 0.15) is 0 Å². The Kier molecular flexibility index (Phi) is 5.03. The minimum Gasteiger partial charge on any atom is -0.421 e. The van der Waals surface area contributed by atoms with Crippen molar-refractivity contribution in [2.45, 2.75) is 20.0 Å². The highest BCUT2D eigenvalue weighted by Crippen LogP contribution is 1.84. The lowest BCUT2D eigenvalue weighted by Crippen LogP contribution is -2.07. The fraction of sp³-hybridized carbons (Fsp3) is 1.00. The Morgan fingerprint density at radius 3 is 2.43 bits per heavy atom. The predicted molar refractivity (Wildman–Crippen MR) is 38.6 cm³/mol. The third kappa shape index (κ3) is 6.53. The van der Waals surface area contributed by atoms with Crippen LogP contribution < -0.4 is 0 Å². The smallest absolute Gasteiger partial charge is 0.171 e. The van der Waals surface area contributed by atoms with Crippen molar-refractivity contribution >= 4 is 22.4 Å². The van der Waals surface area contributed by atoms with Gasteiger partial charge in [-0.25, -0.2) is 0 Å². The zero-order valence-electron chi connectivity index (χ0n) is 4.85. The van der Waals surface area contributed by atoms with E-state index in [1.54, 1.807) is 0 Å². The maximum atomic E-state index is 5.25. The van der Waals surface area contributed by atoms with Crippen LogP contribution in [0.3, 0.4) is 0 Å². The summed E-state index contributed by atoms with van der Waals surface area (Å²) < 4.78 is 5.25. The lowest BCUT2D eigenvalue weighted by Gasteiger charge is -2.02. The molecule has 0 aromatic rings. The van der Waals surface area contributed by atoms with Crippen molar-refractivity contribution in [3.05, 3.63) is 0 Å².